The molecule has 0 bridgehead atoms. The summed E-state index contributed by atoms with van der Waals surface area (Å²) in [6.07, 6.45) is 0.827. The number of esters is 1. The Kier molecular flexibility index (Phi) is 6.19. The van der Waals surface area contributed by atoms with Gasteiger partial charge in [0.1, 0.15) is 5.75 Å². The molecule has 0 aliphatic carbocycles. The van der Waals surface area contributed by atoms with E-state index >= 15 is 0 Å². The molecular weight excluding hydrogens is 350 g/mol. The maximum Gasteiger partial charge on any atom is 0.336 e. The summed E-state index contributed by atoms with van der Waals surface area (Å²) in [7, 11) is 1.42. The van der Waals surface area contributed by atoms with Crippen LogP contribution in [-0.4, -0.2) is 19.7 Å². The average Bonchev–Trinajstić information content (AvgIpc) is 2.71. The van der Waals surface area contributed by atoms with Crippen molar-refractivity contribution < 1.29 is 14.3 Å². The second-order valence-electron chi connectivity index (χ2n) is 7.02. The molecule has 0 radical (unpaired) electrons. The lowest BCUT2D eigenvalue weighted by molar-refractivity contribution is -0.136. The van der Waals surface area contributed by atoms with Gasteiger partial charge in [-0.25, -0.2) is 4.79 Å². The van der Waals surface area contributed by atoms with E-state index in [0.29, 0.717) is 12.2 Å². The molecule has 1 aliphatic rings. The molecule has 4 heteroatoms. The van der Waals surface area contributed by atoms with E-state index in [2.05, 4.69) is 17.4 Å². The van der Waals surface area contributed by atoms with Crippen LogP contribution in [-0.2, 0) is 16.0 Å². The fourth-order valence-corrected chi connectivity index (χ4v) is 3.64. The topological polar surface area (TPSA) is 47.6 Å². The number of hydrogen-bond donors (Lipinski definition) is 1. The Hall–Kier alpha value is -3.01. The second-order valence-corrected chi connectivity index (χ2v) is 7.02. The van der Waals surface area contributed by atoms with Gasteiger partial charge in [-0.2, -0.15) is 0 Å². The minimum atomic E-state index is -0.319. The molecule has 0 saturated heterocycles. The molecule has 1 aliphatic heterocycles. The molecule has 0 amide bonds. The third kappa shape index (κ3) is 4.11. The highest BCUT2D eigenvalue weighted by molar-refractivity contribution is 5.92. The number of nitrogens with one attached hydrogen (secondary N) is 1. The Balaban J connectivity index is 1.91. The predicted octanol–water partition coefficient (Wildman–Crippen LogP) is 4.74. The summed E-state index contributed by atoms with van der Waals surface area (Å²) < 4.78 is 11.2. The van der Waals surface area contributed by atoms with Crippen LogP contribution < -0.4 is 10.1 Å². The molecular formula is C24H27NO3. The van der Waals surface area contributed by atoms with Crippen LogP contribution >= 0.6 is 0 Å². The van der Waals surface area contributed by atoms with E-state index in [4.69, 9.17) is 9.47 Å². The van der Waals surface area contributed by atoms with Crippen LogP contribution in [0.15, 0.2) is 77.1 Å². The highest BCUT2D eigenvalue weighted by Crippen LogP contribution is 2.41. The van der Waals surface area contributed by atoms with E-state index < -0.39 is 0 Å². The molecule has 4 nitrogen and oxygen atoms in total. The number of hydrogen-bond acceptors (Lipinski definition) is 4. The van der Waals surface area contributed by atoms with E-state index in [1.165, 1.54) is 12.7 Å². The smallest absolute Gasteiger partial charge is 0.336 e. The molecule has 0 aromatic heterocycles. The number of ether oxygens (including phenoxy) is 2. The highest BCUT2D eigenvalue weighted by Gasteiger charge is 2.33. The summed E-state index contributed by atoms with van der Waals surface area (Å²) in [6, 6.07) is 18.2. The van der Waals surface area contributed by atoms with E-state index in [9.17, 15) is 4.79 Å². The average molecular weight is 377 g/mol. The third-order valence-electron chi connectivity index (χ3n) is 5.22. The maximum atomic E-state index is 12.5. The van der Waals surface area contributed by atoms with E-state index in [1.807, 2.05) is 63.2 Å². The maximum absolute atomic E-state index is 12.5. The van der Waals surface area contributed by atoms with E-state index in [-0.39, 0.29) is 11.9 Å². The predicted molar refractivity (Wildman–Crippen MR) is 111 cm³/mol. The molecule has 28 heavy (non-hydrogen) atoms. The van der Waals surface area contributed by atoms with E-state index in [1.54, 1.807) is 0 Å². The number of carbonyl (C=O) groups excluding carboxylic acids is 1. The Morgan fingerprint density at radius 1 is 0.964 bits per heavy atom. The minimum absolute atomic E-state index is 0.193. The van der Waals surface area contributed by atoms with Crippen LogP contribution in [0.3, 0.4) is 0 Å². The van der Waals surface area contributed by atoms with Crippen molar-refractivity contribution >= 4 is 5.97 Å². The van der Waals surface area contributed by atoms with Gasteiger partial charge in [0.2, 0.25) is 0 Å². The van der Waals surface area contributed by atoms with Crippen LogP contribution in [0.2, 0.25) is 0 Å². The molecule has 3 rings (SSSR count). The lowest BCUT2D eigenvalue weighted by atomic mass is 9.81. The first-order chi connectivity index (χ1) is 13.5. The number of methoxy groups -OCH3 is 1. The van der Waals surface area contributed by atoms with Crippen LogP contribution in [0.25, 0.3) is 0 Å². The van der Waals surface area contributed by atoms with Crippen molar-refractivity contribution in [3.8, 4) is 5.75 Å². The van der Waals surface area contributed by atoms with Crippen LogP contribution in [0.5, 0.6) is 5.75 Å². The number of allylic oxidation sites excluding steroid dienone is 3. The molecule has 2 aromatic carbocycles. The van der Waals surface area contributed by atoms with Crippen molar-refractivity contribution in [2.45, 2.75) is 33.1 Å². The van der Waals surface area contributed by atoms with Crippen LogP contribution in [0.4, 0.5) is 0 Å². The van der Waals surface area contributed by atoms with Gasteiger partial charge in [-0.1, -0.05) is 48.5 Å². The molecule has 1 atom stereocenters. The van der Waals surface area contributed by atoms with Crippen molar-refractivity contribution in [3.63, 3.8) is 0 Å². The number of rotatable bonds is 6. The van der Waals surface area contributed by atoms with Gasteiger partial charge >= 0.3 is 5.97 Å². The first kappa shape index (κ1) is 19.7. The molecule has 1 N–H and O–H groups in total. The summed E-state index contributed by atoms with van der Waals surface area (Å²) in [5, 5.41) is 3.30. The zero-order valence-electron chi connectivity index (χ0n) is 16.9. The van der Waals surface area contributed by atoms with Gasteiger partial charge in [0.15, 0.2) is 0 Å². The van der Waals surface area contributed by atoms with Crippen molar-refractivity contribution in [3.05, 3.63) is 88.3 Å². The van der Waals surface area contributed by atoms with Gasteiger partial charge < -0.3 is 14.8 Å². The monoisotopic (exact) mass is 377 g/mol. The molecule has 1 unspecified atom stereocenters. The Morgan fingerprint density at radius 3 is 2.36 bits per heavy atom. The Morgan fingerprint density at radius 2 is 1.64 bits per heavy atom. The van der Waals surface area contributed by atoms with Gasteiger partial charge in [-0.3, -0.25) is 0 Å². The van der Waals surface area contributed by atoms with Crippen molar-refractivity contribution in [1.82, 2.24) is 5.32 Å². The summed E-state index contributed by atoms with van der Waals surface area (Å²) in [5.74, 6) is 0.286. The number of para-hydroxylation sites is 1. The van der Waals surface area contributed by atoms with Crippen molar-refractivity contribution in [1.29, 1.82) is 0 Å². The number of carbonyl (C=O) groups is 1. The minimum Gasteiger partial charge on any atom is -0.493 e. The summed E-state index contributed by atoms with van der Waals surface area (Å²) >= 11 is 0. The number of dihydropyridines is 1. The summed E-state index contributed by atoms with van der Waals surface area (Å²) in [5.41, 5.74) is 5.80. The summed E-state index contributed by atoms with van der Waals surface area (Å²) in [4.78, 5) is 12.5. The SMILES string of the molecule is COC(=O)C1=C(C)NC(C)=C(C)C1c1ccccc1OCCc1ccccc1. The molecule has 1 heterocycles. The molecule has 0 fully saturated rings. The first-order valence-electron chi connectivity index (χ1n) is 9.52. The normalized spacial score (nSPS) is 16.6. The molecule has 0 saturated carbocycles. The van der Waals surface area contributed by atoms with Gasteiger partial charge in [-0.05, 0) is 38.0 Å². The highest BCUT2D eigenvalue weighted by atomic mass is 16.5. The lowest BCUT2D eigenvalue weighted by Crippen LogP contribution is -2.28. The molecule has 2 aromatic rings. The van der Waals surface area contributed by atoms with E-state index in [0.717, 1.165) is 34.7 Å². The fourth-order valence-electron chi connectivity index (χ4n) is 3.64. The van der Waals surface area contributed by atoms with Gasteiger partial charge in [0.05, 0.1) is 19.3 Å². The van der Waals surface area contributed by atoms with Gasteiger partial charge in [-0.15, -0.1) is 0 Å². The lowest BCUT2D eigenvalue weighted by Gasteiger charge is -2.30. The molecule has 146 valence electrons. The van der Waals surface area contributed by atoms with Crippen molar-refractivity contribution in [2.75, 3.05) is 13.7 Å². The second kappa shape index (κ2) is 8.79. The Bertz CT molecular complexity index is 912. The third-order valence-corrected chi connectivity index (χ3v) is 5.22. The van der Waals surface area contributed by atoms with Gasteiger partial charge in [0, 0.05) is 29.3 Å². The standard InChI is InChI=1S/C24H27NO3/c1-16-17(2)25-18(3)23(24(26)27-4)22(16)20-12-8-9-13-21(20)28-15-14-19-10-6-5-7-11-19/h5-13,22,25H,14-15H2,1-4H3. The van der Waals surface area contributed by atoms with Crippen LogP contribution in [0.1, 0.15) is 37.8 Å². The quantitative estimate of drug-likeness (QED) is 0.739. The zero-order chi connectivity index (χ0) is 20.1. The van der Waals surface area contributed by atoms with Crippen LogP contribution in [0, 0.1) is 0 Å². The number of benzene rings is 2. The fraction of sp³-hybridized carbons (Fsp3) is 0.292. The zero-order valence-corrected chi connectivity index (χ0v) is 16.9. The van der Waals surface area contributed by atoms with Gasteiger partial charge in [0.25, 0.3) is 0 Å². The van der Waals surface area contributed by atoms with Crippen molar-refractivity contribution in [2.24, 2.45) is 0 Å². The summed E-state index contributed by atoms with van der Waals surface area (Å²) in [6.45, 7) is 6.56. The largest absolute Gasteiger partial charge is 0.493 e. The molecule has 0 spiro atoms. The Labute approximate surface area is 166 Å². The first-order valence-corrected chi connectivity index (χ1v) is 9.52.